The molecule has 0 bridgehead atoms. The van der Waals surface area contributed by atoms with Gasteiger partial charge in [0.2, 0.25) is 0 Å². The van der Waals surface area contributed by atoms with Crippen molar-refractivity contribution in [1.29, 1.82) is 0 Å². The predicted octanol–water partition coefficient (Wildman–Crippen LogP) is 3.41. The van der Waals surface area contributed by atoms with Crippen LogP contribution in [0.3, 0.4) is 0 Å². The number of aryl methyl sites for hydroxylation is 1. The third kappa shape index (κ3) is 4.38. The Morgan fingerprint density at radius 3 is 2.48 bits per heavy atom. The van der Waals surface area contributed by atoms with Crippen LogP contribution < -0.4 is 11.1 Å². The minimum atomic E-state index is -0.611. The van der Waals surface area contributed by atoms with Gasteiger partial charge in [0.05, 0.1) is 0 Å². The van der Waals surface area contributed by atoms with Crippen molar-refractivity contribution >= 4 is 17.6 Å². The van der Waals surface area contributed by atoms with Gasteiger partial charge in [-0.3, -0.25) is 4.79 Å². The molecule has 130 valence electrons. The summed E-state index contributed by atoms with van der Waals surface area (Å²) in [5.74, 6) is 0.0567. The Hall–Kier alpha value is -2.82. The minimum Gasteiger partial charge on any atom is -0.351 e. The Bertz CT molecular complexity index is 728. The number of urea groups is 1. The van der Waals surface area contributed by atoms with Crippen molar-refractivity contribution in [3.05, 3.63) is 65.7 Å². The Labute approximate surface area is 147 Å². The normalized spacial score (nSPS) is 16.6. The molecule has 1 atom stereocenters. The van der Waals surface area contributed by atoms with E-state index >= 15 is 0 Å². The van der Waals surface area contributed by atoms with E-state index in [4.69, 9.17) is 5.73 Å². The quantitative estimate of drug-likeness (QED) is 0.877. The molecular formula is C20H23N3O2. The molecule has 1 aliphatic rings. The fourth-order valence-electron chi connectivity index (χ4n) is 3.39. The highest BCUT2D eigenvalue weighted by Gasteiger charge is 2.29. The summed E-state index contributed by atoms with van der Waals surface area (Å²) in [7, 11) is 0. The van der Waals surface area contributed by atoms with Gasteiger partial charge in [-0.05, 0) is 55.5 Å². The number of nitrogens with one attached hydrogen (secondary N) is 1. The first-order valence-electron chi connectivity index (χ1n) is 8.65. The molecule has 0 saturated carbocycles. The molecule has 3 amide bonds. The van der Waals surface area contributed by atoms with Gasteiger partial charge in [0, 0.05) is 23.8 Å². The topological polar surface area (TPSA) is 75.4 Å². The highest BCUT2D eigenvalue weighted by atomic mass is 16.2. The zero-order chi connectivity index (χ0) is 17.6. The van der Waals surface area contributed by atoms with E-state index in [0.29, 0.717) is 11.3 Å². The van der Waals surface area contributed by atoms with E-state index in [2.05, 4.69) is 29.6 Å². The second-order valence-electron chi connectivity index (χ2n) is 6.39. The smallest absolute Gasteiger partial charge is 0.316 e. The van der Waals surface area contributed by atoms with Gasteiger partial charge in [-0.25, -0.2) is 4.79 Å². The lowest BCUT2D eigenvalue weighted by atomic mass is 10.0. The molecule has 1 fully saturated rings. The number of carbonyl (C=O) groups is 2. The first kappa shape index (κ1) is 17.0. The molecule has 0 spiro atoms. The summed E-state index contributed by atoms with van der Waals surface area (Å²) in [5, 5.41) is 2.50. The number of nitrogens with two attached hydrogens (primary N) is 1. The number of primary amides is 1. The average Bonchev–Trinajstić information content (AvgIpc) is 3.09. The number of anilines is 1. The van der Waals surface area contributed by atoms with Crippen LogP contribution in [0.4, 0.5) is 10.5 Å². The third-order valence-electron chi connectivity index (χ3n) is 4.65. The molecule has 1 saturated heterocycles. The van der Waals surface area contributed by atoms with Crippen LogP contribution in [0, 0.1) is 0 Å². The van der Waals surface area contributed by atoms with Crippen LogP contribution >= 0.6 is 0 Å². The fraction of sp³-hybridized carbons (Fsp3) is 0.300. The van der Waals surface area contributed by atoms with Crippen LogP contribution in [-0.4, -0.2) is 29.4 Å². The average molecular weight is 337 g/mol. The summed E-state index contributed by atoms with van der Waals surface area (Å²) in [6, 6.07) is 16.9. The number of hydrogen-bond acceptors (Lipinski definition) is 2. The molecule has 0 aromatic heterocycles. The van der Waals surface area contributed by atoms with E-state index < -0.39 is 6.03 Å². The first-order valence-corrected chi connectivity index (χ1v) is 8.65. The molecule has 1 heterocycles. The third-order valence-corrected chi connectivity index (χ3v) is 4.65. The maximum absolute atomic E-state index is 12.8. The maximum Gasteiger partial charge on any atom is 0.316 e. The van der Waals surface area contributed by atoms with Crippen molar-refractivity contribution in [1.82, 2.24) is 4.90 Å². The second kappa shape index (κ2) is 7.83. The largest absolute Gasteiger partial charge is 0.351 e. The van der Waals surface area contributed by atoms with Gasteiger partial charge in [-0.2, -0.15) is 0 Å². The SMILES string of the molecule is NC(=O)Nc1ccc(C(=O)N2CCCC2CCc2ccccc2)cc1. The zero-order valence-corrected chi connectivity index (χ0v) is 14.2. The number of nitrogens with zero attached hydrogens (tertiary/aromatic N) is 1. The maximum atomic E-state index is 12.8. The molecule has 2 aromatic rings. The molecule has 3 N–H and O–H groups in total. The number of benzene rings is 2. The Kier molecular flexibility index (Phi) is 5.33. The van der Waals surface area contributed by atoms with Gasteiger partial charge in [0.25, 0.3) is 5.91 Å². The van der Waals surface area contributed by atoms with Crippen LogP contribution in [0.2, 0.25) is 0 Å². The van der Waals surface area contributed by atoms with Gasteiger partial charge >= 0.3 is 6.03 Å². The van der Waals surface area contributed by atoms with E-state index in [1.54, 1.807) is 24.3 Å². The molecule has 2 aromatic carbocycles. The molecule has 1 aliphatic heterocycles. The van der Waals surface area contributed by atoms with Crippen molar-refractivity contribution < 1.29 is 9.59 Å². The number of hydrogen-bond donors (Lipinski definition) is 2. The van der Waals surface area contributed by atoms with Gasteiger partial charge in [-0.1, -0.05) is 30.3 Å². The molecule has 25 heavy (non-hydrogen) atoms. The highest BCUT2D eigenvalue weighted by molar-refractivity contribution is 5.95. The fourth-order valence-corrected chi connectivity index (χ4v) is 3.39. The molecule has 5 heteroatoms. The molecular weight excluding hydrogens is 314 g/mol. The second-order valence-corrected chi connectivity index (χ2v) is 6.39. The van der Waals surface area contributed by atoms with Crippen molar-refractivity contribution in [2.24, 2.45) is 5.73 Å². The monoisotopic (exact) mass is 337 g/mol. The highest BCUT2D eigenvalue weighted by Crippen LogP contribution is 2.24. The number of likely N-dealkylation sites (tertiary alicyclic amines) is 1. The Balaban J connectivity index is 1.63. The van der Waals surface area contributed by atoms with Crippen LogP contribution in [0.25, 0.3) is 0 Å². The van der Waals surface area contributed by atoms with Gasteiger partial charge in [0.1, 0.15) is 0 Å². The summed E-state index contributed by atoms with van der Waals surface area (Å²) < 4.78 is 0. The van der Waals surface area contributed by atoms with Crippen LogP contribution in [-0.2, 0) is 6.42 Å². The van der Waals surface area contributed by atoms with E-state index in [1.165, 1.54) is 5.56 Å². The number of carbonyl (C=O) groups excluding carboxylic acids is 2. The lowest BCUT2D eigenvalue weighted by Crippen LogP contribution is -2.35. The van der Waals surface area contributed by atoms with Gasteiger partial charge in [0.15, 0.2) is 0 Å². The first-order chi connectivity index (χ1) is 12.1. The van der Waals surface area contributed by atoms with Crippen molar-refractivity contribution in [3.8, 4) is 0 Å². The van der Waals surface area contributed by atoms with Gasteiger partial charge < -0.3 is 16.0 Å². The van der Waals surface area contributed by atoms with E-state index in [0.717, 1.165) is 32.2 Å². The van der Waals surface area contributed by atoms with Crippen LogP contribution in [0.1, 0.15) is 35.2 Å². The minimum absolute atomic E-state index is 0.0567. The molecule has 0 radical (unpaired) electrons. The molecule has 1 unspecified atom stereocenters. The molecule has 0 aliphatic carbocycles. The lowest BCUT2D eigenvalue weighted by Gasteiger charge is -2.25. The van der Waals surface area contributed by atoms with Crippen molar-refractivity contribution in [2.45, 2.75) is 31.7 Å². The standard InChI is InChI=1S/C20H23N3O2/c21-20(25)22-17-11-9-16(10-12-17)19(24)23-14-4-7-18(23)13-8-15-5-2-1-3-6-15/h1-3,5-6,9-12,18H,4,7-8,13-14H2,(H3,21,22,25). The predicted molar refractivity (Wildman–Crippen MR) is 98.5 cm³/mol. The van der Waals surface area contributed by atoms with Crippen molar-refractivity contribution in [3.63, 3.8) is 0 Å². The summed E-state index contributed by atoms with van der Waals surface area (Å²) >= 11 is 0. The van der Waals surface area contributed by atoms with E-state index in [1.807, 2.05) is 11.0 Å². The van der Waals surface area contributed by atoms with Crippen LogP contribution in [0.5, 0.6) is 0 Å². The lowest BCUT2D eigenvalue weighted by molar-refractivity contribution is 0.0730. The van der Waals surface area contributed by atoms with E-state index in [9.17, 15) is 9.59 Å². The Morgan fingerprint density at radius 1 is 1.08 bits per heavy atom. The summed E-state index contributed by atoms with van der Waals surface area (Å²) in [6.45, 7) is 0.805. The molecule has 3 rings (SSSR count). The molecule has 5 nitrogen and oxygen atoms in total. The Morgan fingerprint density at radius 2 is 1.80 bits per heavy atom. The van der Waals surface area contributed by atoms with Crippen molar-refractivity contribution in [2.75, 3.05) is 11.9 Å². The van der Waals surface area contributed by atoms with Crippen LogP contribution in [0.15, 0.2) is 54.6 Å². The van der Waals surface area contributed by atoms with Gasteiger partial charge in [-0.15, -0.1) is 0 Å². The van der Waals surface area contributed by atoms with E-state index in [-0.39, 0.29) is 11.9 Å². The summed E-state index contributed by atoms with van der Waals surface area (Å²) in [4.78, 5) is 25.7. The number of rotatable bonds is 5. The summed E-state index contributed by atoms with van der Waals surface area (Å²) in [6.07, 6.45) is 4.07. The summed E-state index contributed by atoms with van der Waals surface area (Å²) in [5.41, 5.74) is 7.63. The number of amides is 3. The zero-order valence-electron chi connectivity index (χ0n) is 14.2.